The largest absolute Gasteiger partial charge is 0.460 e. The number of ketones is 1. The molecule has 0 aromatic carbocycles. The molecule has 0 amide bonds. The molecule has 1 aromatic rings. The van der Waals surface area contributed by atoms with E-state index in [0.717, 1.165) is 5.56 Å². The number of carbonyl (C=O) groups is 2. The summed E-state index contributed by atoms with van der Waals surface area (Å²) >= 11 is 0. The van der Waals surface area contributed by atoms with E-state index in [0.29, 0.717) is 23.1 Å². The van der Waals surface area contributed by atoms with E-state index >= 15 is 0 Å². The lowest BCUT2D eigenvalue weighted by atomic mass is 9.58. The maximum absolute atomic E-state index is 13.0. The molecule has 0 spiro atoms. The number of furan rings is 1. The number of rotatable bonds is 2. The fraction of sp³-hybridized carbons (Fsp3) is 0.500. The number of carbonyl (C=O) groups excluding carboxylic acids is 2. The Kier molecular flexibility index (Phi) is 4.23. The second kappa shape index (κ2) is 5.99. The van der Waals surface area contributed by atoms with Gasteiger partial charge in [0.25, 0.3) is 0 Å². The number of aryl methyl sites for hydroxylation is 1. The molecule has 0 fully saturated rings. The summed E-state index contributed by atoms with van der Waals surface area (Å²) < 4.78 is 11.4. The zero-order valence-corrected chi connectivity index (χ0v) is 15.3. The van der Waals surface area contributed by atoms with Crippen LogP contribution >= 0.6 is 0 Å². The molecule has 0 saturated carbocycles. The van der Waals surface area contributed by atoms with E-state index < -0.39 is 23.6 Å². The van der Waals surface area contributed by atoms with Crippen molar-refractivity contribution in [2.45, 2.75) is 53.2 Å². The number of esters is 1. The van der Waals surface area contributed by atoms with Crippen molar-refractivity contribution >= 4 is 11.8 Å². The summed E-state index contributed by atoms with van der Waals surface area (Å²) in [6.07, 6.45) is 4.01. The standard InChI is InChI=1S/C20H24O5/c1-6-10(2)19(23)25-18-15-11(3)9-24-17(15)16(22)14-8-13(21)7-12(4)20(14,18)5/h6,8-9,12-13,18,21H,7H2,1-5H3/b10-6-/t12-,13+,18+,20+/m0/s1. The first-order valence-electron chi connectivity index (χ1n) is 8.58. The van der Waals surface area contributed by atoms with Crippen LogP contribution in [0.5, 0.6) is 0 Å². The Balaban J connectivity index is 2.20. The summed E-state index contributed by atoms with van der Waals surface area (Å²) in [5, 5.41) is 10.1. The second-order valence-corrected chi connectivity index (χ2v) is 7.31. The fourth-order valence-electron chi connectivity index (χ4n) is 3.91. The lowest BCUT2D eigenvalue weighted by Crippen LogP contribution is -2.47. The predicted molar refractivity (Wildman–Crippen MR) is 92.0 cm³/mol. The van der Waals surface area contributed by atoms with Gasteiger partial charge in [-0.3, -0.25) is 4.79 Å². The van der Waals surface area contributed by atoms with Gasteiger partial charge in [-0.15, -0.1) is 0 Å². The fourth-order valence-corrected chi connectivity index (χ4v) is 3.91. The van der Waals surface area contributed by atoms with Crippen molar-refractivity contribution < 1.29 is 23.8 Å². The minimum absolute atomic E-state index is 0.0439. The molecule has 1 heterocycles. The van der Waals surface area contributed by atoms with Crippen molar-refractivity contribution in [1.82, 2.24) is 0 Å². The zero-order valence-electron chi connectivity index (χ0n) is 15.3. The van der Waals surface area contributed by atoms with Gasteiger partial charge in [-0.25, -0.2) is 4.79 Å². The van der Waals surface area contributed by atoms with Gasteiger partial charge in [0, 0.05) is 22.1 Å². The number of hydrogen-bond acceptors (Lipinski definition) is 5. The third kappa shape index (κ3) is 2.49. The molecule has 4 atom stereocenters. The highest BCUT2D eigenvalue weighted by molar-refractivity contribution is 6.10. The molecule has 5 heteroatoms. The highest BCUT2D eigenvalue weighted by Gasteiger charge is 2.56. The molecular formula is C20H24O5. The first-order chi connectivity index (χ1) is 11.7. The second-order valence-electron chi connectivity index (χ2n) is 7.31. The van der Waals surface area contributed by atoms with Crippen LogP contribution < -0.4 is 0 Å². The molecule has 25 heavy (non-hydrogen) atoms. The molecule has 0 bridgehead atoms. The van der Waals surface area contributed by atoms with E-state index in [1.54, 1.807) is 26.0 Å². The van der Waals surface area contributed by atoms with Crippen molar-refractivity contribution in [3.8, 4) is 0 Å². The first-order valence-corrected chi connectivity index (χ1v) is 8.58. The van der Waals surface area contributed by atoms with Crippen LogP contribution in [0.15, 0.2) is 34.0 Å². The smallest absolute Gasteiger partial charge is 0.334 e. The number of allylic oxidation sites excluding steroid dienone is 1. The molecule has 0 aliphatic heterocycles. The SMILES string of the molecule is C/C=C(/C)C(=O)O[C@@H]1c2c(C)coc2C(=O)C2=C[C@H](O)C[C@H](C)[C@]21C. The lowest BCUT2D eigenvalue weighted by molar-refractivity contribution is -0.153. The number of aliphatic hydroxyl groups is 1. The van der Waals surface area contributed by atoms with Crippen molar-refractivity contribution in [2.75, 3.05) is 0 Å². The topological polar surface area (TPSA) is 76.7 Å². The van der Waals surface area contributed by atoms with Crippen molar-refractivity contribution in [3.63, 3.8) is 0 Å². The van der Waals surface area contributed by atoms with Gasteiger partial charge < -0.3 is 14.3 Å². The quantitative estimate of drug-likeness (QED) is 0.654. The van der Waals surface area contributed by atoms with E-state index in [-0.39, 0.29) is 17.5 Å². The summed E-state index contributed by atoms with van der Waals surface area (Å²) in [5.41, 5.74) is 1.71. The molecule has 0 unspecified atom stereocenters. The van der Waals surface area contributed by atoms with Gasteiger partial charge in [0.05, 0.1) is 12.4 Å². The monoisotopic (exact) mass is 344 g/mol. The van der Waals surface area contributed by atoms with Crippen molar-refractivity contribution in [2.24, 2.45) is 11.3 Å². The lowest BCUT2D eigenvalue weighted by Gasteiger charge is -2.48. The van der Waals surface area contributed by atoms with Crippen LogP contribution in [0.4, 0.5) is 0 Å². The van der Waals surface area contributed by atoms with Crippen molar-refractivity contribution in [1.29, 1.82) is 0 Å². The highest BCUT2D eigenvalue weighted by atomic mass is 16.5. The zero-order chi connectivity index (χ0) is 18.5. The van der Waals surface area contributed by atoms with E-state index in [9.17, 15) is 14.7 Å². The number of fused-ring (bicyclic) bond motifs is 2. The average molecular weight is 344 g/mol. The molecule has 2 aliphatic rings. The number of Topliss-reactive ketones (excluding diaryl/α,β-unsaturated/α-hetero) is 1. The highest BCUT2D eigenvalue weighted by Crippen LogP contribution is 2.57. The Morgan fingerprint density at radius 1 is 1.48 bits per heavy atom. The summed E-state index contributed by atoms with van der Waals surface area (Å²) in [6, 6.07) is 0. The molecule has 0 saturated heterocycles. The van der Waals surface area contributed by atoms with Crippen molar-refractivity contribution in [3.05, 3.63) is 46.4 Å². The maximum atomic E-state index is 13.0. The van der Waals surface area contributed by atoms with Gasteiger partial charge >= 0.3 is 5.97 Å². The Morgan fingerprint density at radius 2 is 2.16 bits per heavy atom. The summed E-state index contributed by atoms with van der Waals surface area (Å²) in [5.74, 6) is -0.477. The Hall–Kier alpha value is -2.14. The van der Waals surface area contributed by atoms with Gasteiger partial charge in [-0.2, -0.15) is 0 Å². The molecule has 134 valence electrons. The molecule has 2 aliphatic carbocycles. The molecule has 3 rings (SSSR count). The van der Waals surface area contributed by atoms with Crippen LogP contribution in [-0.4, -0.2) is 23.0 Å². The normalized spacial score (nSPS) is 31.9. The molecular weight excluding hydrogens is 320 g/mol. The minimum Gasteiger partial charge on any atom is -0.460 e. The van der Waals surface area contributed by atoms with Gasteiger partial charge in [0.2, 0.25) is 5.78 Å². The first kappa shape index (κ1) is 17.7. The third-order valence-electron chi connectivity index (χ3n) is 5.82. The minimum atomic E-state index is -0.707. The molecule has 5 nitrogen and oxygen atoms in total. The van der Waals surface area contributed by atoms with Crippen LogP contribution in [-0.2, 0) is 9.53 Å². The molecule has 1 N–H and O–H groups in total. The summed E-state index contributed by atoms with van der Waals surface area (Å²) in [6.45, 7) is 9.24. The Bertz CT molecular complexity index is 797. The third-order valence-corrected chi connectivity index (χ3v) is 5.82. The number of hydrogen-bond donors (Lipinski definition) is 1. The maximum Gasteiger partial charge on any atom is 0.334 e. The van der Waals surface area contributed by atoms with Crippen LogP contribution in [0.3, 0.4) is 0 Å². The number of ether oxygens (including phenoxy) is 1. The van der Waals surface area contributed by atoms with Crippen LogP contribution in [0.2, 0.25) is 0 Å². The van der Waals surface area contributed by atoms with Gasteiger partial charge in [-0.1, -0.05) is 19.9 Å². The van der Waals surface area contributed by atoms with Crippen LogP contribution in [0, 0.1) is 18.3 Å². The van der Waals surface area contributed by atoms with E-state index in [2.05, 4.69) is 0 Å². The van der Waals surface area contributed by atoms with Crippen LogP contribution in [0.25, 0.3) is 0 Å². The average Bonchev–Trinajstić information content (AvgIpc) is 2.95. The predicted octanol–water partition coefficient (Wildman–Crippen LogP) is 3.67. The molecule has 1 aromatic heterocycles. The summed E-state index contributed by atoms with van der Waals surface area (Å²) in [7, 11) is 0. The van der Waals surface area contributed by atoms with Crippen LogP contribution in [0.1, 0.15) is 61.9 Å². The number of aliphatic hydroxyl groups excluding tert-OH is 1. The van der Waals surface area contributed by atoms with E-state index in [1.807, 2.05) is 20.8 Å². The van der Waals surface area contributed by atoms with E-state index in [1.165, 1.54) is 6.26 Å². The molecule has 0 radical (unpaired) electrons. The van der Waals surface area contributed by atoms with E-state index in [4.69, 9.17) is 9.15 Å². The van der Waals surface area contributed by atoms with Gasteiger partial charge in [0.15, 0.2) is 5.76 Å². The Labute approximate surface area is 147 Å². The van der Waals surface area contributed by atoms with Gasteiger partial charge in [0.1, 0.15) is 6.10 Å². The Morgan fingerprint density at radius 3 is 2.80 bits per heavy atom. The van der Waals surface area contributed by atoms with Gasteiger partial charge in [-0.05, 0) is 44.7 Å². The summed E-state index contributed by atoms with van der Waals surface area (Å²) in [4.78, 5) is 25.4.